The summed E-state index contributed by atoms with van der Waals surface area (Å²) in [5, 5.41) is 3.21. The lowest BCUT2D eigenvalue weighted by molar-refractivity contribution is 0.301. The number of aryl methyl sites for hydroxylation is 2. The molecule has 0 aliphatic rings. The fourth-order valence-electron chi connectivity index (χ4n) is 1.97. The van der Waals surface area contributed by atoms with Crippen LogP contribution in [0.4, 0.5) is 21.5 Å². The van der Waals surface area contributed by atoms with Crippen LogP contribution in [0.15, 0.2) is 30.3 Å². The molecule has 0 radical (unpaired) electrons. The van der Waals surface area contributed by atoms with E-state index in [4.69, 9.17) is 10.5 Å². The molecule has 2 rings (SSSR count). The van der Waals surface area contributed by atoms with Crippen LogP contribution < -0.4 is 15.8 Å². The summed E-state index contributed by atoms with van der Waals surface area (Å²) < 4.78 is 19.2. The normalized spacial score (nSPS) is 10.5. The molecular formula is C17H21FN2O. The van der Waals surface area contributed by atoms with E-state index in [1.807, 2.05) is 32.0 Å². The molecule has 21 heavy (non-hydrogen) atoms. The van der Waals surface area contributed by atoms with Gasteiger partial charge in [-0.25, -0.2) is 4.39 Å². The van der Waals surface area contributed by atoms with Crippen molar-refractivity contribution in [1.82, 2.24) is 0 Å². The van der Waals surface area contributed by atoms with Gasteiger partial charge in [0, 0.05) is 17.8 Å². The Bertz CT molecular complexity index is 641. The van der Waals surface area contributed by atoms with Gasteiger partial charge in [0.2, 0.25) is 0 Å². The first-order valence-electron chi connectivity index (χ1n) is 7.07. The maximum atomic E-state index is 13.8. The molecule has 0 fully saturated rings. The van der Waals surface area contributed by atoms with E-state index in [0.717, 1.165) is 12.1 Å². The smallest absolute Gasteiger partial charge is 0.167 e. The van der Waals surface area contributed by atoms with Crippen molar-refractivity contribution >= 4 is 17.1 Å². The summed E-state index contributed by atoms with van der Waals surface area (Å²) in [6.07, 6.45) is 0.823. The number of halogens is 1. The first kappa shape index (κ1) is 15.2. The number of benzene rings is 2. The summed E-state index contributed by atoms with van der Waals surface area (Å²) in [5.41, 5.74) is 10.2. The van der Waals surface area contributed by atoms with Crippen LogP contribution in [0.2, 0.25) is 0 Å². The monoisotopic (exact) mass is 288 g/mol. The van der Waals surface area contributed by atoms with Gasteiger partial charge in [0.1, 0.15) is 0 Å². The summed E-state index contributed by atoms with van der Waals surface area (Å²) in [4.78, 5) is 0. The summed E-state index contributed by atoms with van der Waals surface area (Å²) >= 11 is 0. The Balaban J connectivity index is 2.28. The first-order chi connectivity index (χ1) is 10.0. The molecule has 0 atom stereocenters. The summed E-state index contributed by atoms with van der Waals surface area (Å²) in [5.74, 6) is -0.219. The van der Waals surface area contributed by atoms with Gasteiger partial charge in [-0.05, 0) is 43.5 Å². The van der Waals surface area contributed by atoms with E-state index in [-0.39, 0.29) is 5.75 Å². The molecule has 3 N–H and O–H groups in total. The van der Waals surface area contributed by atoms with E-state index in [2.05, 4.69) is 12.2 Å². The highest BCUT2D eigenvalue weighted by molar-refractivity contribution is 5.74. The highest BCUT2D eigenvalue weighted by atomic mass is 19.1. The van der Waals surface area contributed by atoms with Gasteiger partial charge in [-0.1, -0.05) is 13.0 Å². The molecule has 0 spiro atoms. The molecule has 3 nitrogen and oxygen atoms in total. The van der Waals surface area contributed by atoms with Gasteiger partial charge in [0.05, 0.1) is 18.0 Å². The van der Waals surface area contributed by atoms with Gasteiger partial charge >= 0.3 is 0 Å². The molecule has 0 saturated carbocycles. The number of nitrogen functional groups attached to an aromatic ring is 1. The van der Waals surface area contributed by atoms with Crippen LogP contribution >= 0.6 is 0 Å². The molecule has 112 valence electrons. The second kappa shape index (κ2) is 6.48. The van der Waals surface area contributed by atoms with Crippen molar-refractivity contribution in [3.8, 4) is 5.75 Å². The lowest BCUT2D eigenvalue weighted by Gasteiger charge is -2.14. The quantitative estimate of drug-likeness (QED) is 0.793. The molecule has 0 unspecified atom stereocenters. The summed E-state index contributed by atoms with van der Waals surface area (Å²) in [7, 11) is 0. The van der Waals surface area contributed by atoms with Gasteiger partial charge in [-0.3, -0.25) is 0 Å². The van der Waals surface area contributed by atoms with Crippen LogP contribution in [-0.2, 0) is 0 Å². The van der Waals surface area contributed by atoms with E-state index in [0.29, 0.717) is 18.0 Å². The van der Waals surface area contributed by atoms with Crippen molar-refractivity contribution in [2.24, 2.45) is 0 Å². The van der Waals surface area contributed by atoms with Gasteiger partial charge in [0.15, 0.2) is 11.6 Å². The second-order valence-electron chi connectivity index (χ2n) is 5.14. The standard InChI is InChI=1S/C17H21FN2O/c1-4-7-21-17-10-16(15(19)9-14(17)18)20-13-6-5-11(2)12(3)8-13/h5-6,8-10,20H,4,7,19H2,1-3H3. The molecule has 4 heteroatoms. The van der Waals surface area contributed by atoms with E-state index in [1.165, 1.54) is 17.2 Å². The maximum absolute atomic E-state index is 13.8. The molecule has 0 aliphatic carbocycles. The van der Waals surface area contributed by atoms with Crippen molar-refractivity contribution in [2.75, 3.05) is 17.7 Å². The van der Waals surface area contributed by atoms with Crippen LogP contribution in [-0.4, -0.2) is 6.61 Å². The summed E-state index contributed by atoms with van der Waals surface area (Å²) in [6.45, 7) is 6.56. The Hall–Kier alpha value is -2.23. The van der Waals surface area contributed by atoms with Crippen molar-refractivity contribution in [3.63, 3.8) is 0 Å². The molecule has 0 saturated heterocycles. The number of nitrogens with one attached hydrogen (secondary N) is 1. The Morgan fingerprint density at radius 3 is 2.57 bits per heavy atom. The van der Waals surface area contributed by atoms with Crippen molar-refractivity contribution < 1.29 is 9.13 Å². The zero-order valence-corrected chi connectivity index (χ0v) is 12.7. The number of anilines is 3. The zero-order valence-electron chi connectivity index (χ0n) is 12.7. The third-order valence-electron chi connectivity index (χ3n) is 3.35. The van der Waals surface area contributed by atoms with Crippen LogP contribution in [0.5, 0.6) is 5.75 Å². The fourth-order valence-corrected chi connectivity index (χ4v) is 1.97. The Morgan fingerprint density at radius 2 is 1.90 bits per heavy atom. The largest absolute Gasteiger partial charge is 0.490 e. The fraction of sp³-hybridized carbons (Fsp3) is 0.294. The molecular weight excluding hydrogens is 267 g/mol. The highest BCUT2D eigenvalue weighted by Gasteiger charge is 2.09. The molecule has 0 bridgehead atoms. The predicted molar refractivity (Wildman–Crippen MR) is 85.8 cm³/mol. The van der Waals surface area contributed by atoms with E-state index < -0.39 is 5.82 Å². The third kappa shape index (κ3) is 3.66. The predicted octanol–water partition coefficient (Wildman–Crippen LogP) is 4.56. The second-order valence-corrected chi connectivity index (χ2v) is 5.14. The molecule has 0 amide bonds. The van der Waals surface area contributed by atoms with E-state index in [1.54, 1.807) is 6.07 Å². The minimum atomic E-state index is -0.438. The Kier molecular flexibility index (Phi) is 4.68. The molecule has 2 aromatic rings. The topological polar surface area (TPSA) is 47.3 Å². The van der Waals surface area contributed by atoms with Crippen LogP contribution in [0.25, 0.3) is 0 Å². The van der Waals surface area contributed by atoms with Gasteiger partial charge < -0.3 is 15.8 Å². The van der Waals surface area contributed by atoms with E-state index >= 15 is 0 Å². The zero-order chi connectivity index (χ0) is 15.4. The maximum Gasteiger partial charge on any atom is 0.167 e. The highest BCUT2D eigenvalue weighted by Crippen LogP contribution is 2.31. The molecule has 0 aromatic heterocycles. The number of hydrogen-bond donors (Lipinski definition) is 2. The van der Waals surface area contributed by atoms with Crippen molar-refractivity contribution in [2.45, 2.75) is 27.2 Å². The van der Waals surface area contributed by atoms with Gasteiger partial charge in [-0.2, -0.15) is 0 Å². The van der Waals surface area contributed by atoms with E-state index in [9.17, 15) is 4.39 Å². The Morgan fingerprint density at radius 1 is 1.14 bits per heavy atom. The first-order valence-corrected chi connectivity index (χ1v) is 7.07. The van der Waals surface area contributed by atoms with Crippen molar-refractivity contribution in [3.05, 3.63) is 47.3 Å². The Labute approximate surface area is 124 Å². The molecule has 0 heterocycles. The van der Waals surface area contributed by atoms with Gasteiger partial charge in [0.25, 0.3) is 0 Å². The average Bonchev–Trinajstić information content (AvgIpc) is 2.44. The average molecular weight is 288 g/mol. The molecule has 0 aliphatic heterocycles. The number of rotatable bonds is 5. The van der Waals surface area contributed by atoms with Crippen LogP contribution in [0.1, 0.15) is 24.5 Å². The SMILES string of the molecule is CCCOc1cc(Nc2ccc(C)c(C)c2)c(N)cc1F. The summed E-state index contributed by atoms with van der Waals surface area (Å²) in [6, 6.07) is 8.93. The number of nitrogens with two attached hydrogens (primary N) is 1. The third-order valence-corrected chi connectivity index (χ3v) is 3.35. The number of ether oxygens (including phenoxy) is 1. The van der Waals surface area contributed by atoms with Gasteiger partial charge in [-0.15, -0.1) is 0 Å². The number of hydrogen-bond acceptors (Lipinski definition) is 3. The van der Waals surface area contributed by atoms with Crippen LogP contribution in [0.3, 0.4) is 0 Å². The van der Waals surface area contributed by atoms with Crippen molar-refractivity contribution in [1.29, 1.82) is 0 Å². The lowest BCUT2D eigenvalue weighted by atomic mass is 10.1. The minimum Gasteiger partial charge on any atom is -0.490 e. The minimum absolute atomic E-state index is 0.220. The lowest BCUT2D eigenvalue weighted by Crippen LogP contribution is -2.02. The van der Waals surface area contributed by atoms with Crippen LogP contribution in [0, 0.1) is 19.7 Å². The molecule has 2 aromatic carbocycles.